The molecule has 9 aromatic rings. The molecule has 9 rings (SSSR count). The summed E-state index contributed by atoms with van der Waals surface area (Å²) in [7, 11) is -2.15. The monoisotopic (exact) mass is 924 g/mol. The van der Waals surface area contributed by atoms with Crippen molar-refractivity contribution in [1.29, 1.82) is 0 Å². The second kappa shape index (κ2) is 21.8. The Balaban J connectivity index is 0.000000152. The fraction of sp³-hybridized carbons (Fsp3) is 0.118. The van der Waals surface area contributed by atoms with Gasteiger partial charge in [0.05, 0.1) is 17.1 Å². The Morgan fingerprint density at radius 2 is 0.492 bits per heavy atom. The van der Waals surface area contributed by atoms with Gasteiger partial charge in [-0.3, -0.25) is 0 Å². The molecular formula is C51H52BN6P2Rh-. The number of benzene rings is 6. The molecule has 6 nitrogen and oxygen atoms in total. The largest absolute Gasteiger partial charge is 0.400 e. The van der Waals surface area contributed by atoms with Gasteiger partial charge in [0.25, 0.3) is 0 Å². The SMILES string of the molecule is Cc1cc(C)n([BH-](n2nc(C)cc2C)n2nc(C)cc2C)n1.[Rh].c1ccc(P(c2ccccc2)c2ccccc2)cc1.c1ccc(P(c2ccccc2)c2ccccc2)cc1. The average molecular weight is 925 g/mol. The van der Waals surface area contributed by atoms with E-state index in [-0.39, 0.29) is 19.5 Å². The second-order valence-corrected chi connectivity index (χ2v) is 19.3. The van der Waals surface area contributed by atoms with Gasteiger partial charge in [-0.1, -0.05) is 182 Å². The van der Waals surface area contributed by atoms with Crippen LogP contribution in [0.1, 0.15) is 34.2 Å². The Labute approximate surface area is 377 Å². The molecule has 0 aliphatic rings. The molecule has 3 heterocycles. The van der Waals surface area contributed by atoms with Crippen molar-refractivity contribution < 1.29 is 19.5 Å². The Morgan fingerprint density at radius 1 is 0.311 bits per heavy atom. The summed E-state index contributed by atoms with van der Waals surface area (Å²) in [6.45, 7) is 12.3. The smallest absolute Gasteiger partial charge is 0.326 e. The average Bonchev–Trinajstić information content (AvgIpc) is 3.93. The number of aromatic nitrogens is 6. The molecule has 0 bridgehead atoms. The van der Waals surface area contributed by atoms with Crippen molar-refractivity contribution in [1.82, 2.24) is 29.1 Å². The van der Waals surface area contributed by atoms with Crippen molar-refractivity contribution >= 4 is 54.8 Å². The van der Waals surface area contributed by atoms with Crippen LogP contribution < -0.4 is 31.8 Å². The van der Waals surface area contributed by atoms with Crippen LogP contribution in [0.15, 0.2) is 200 Å². The molecule has 309 valence electrons. The molecule has 1 radical (unpaired) electrons. The van der Waals surface area contributed by atoms with Crippen LogP contribution in [0.25, 0.3) is 0 Å². The van der Waals surface area contributed by atoms with Gasteiger partial charge >= 0.3 is 7.12 Å². The van der Waals surface area contributed by atoms with Crippen LogP contribution >= 0.6 is 15.8 Å². The molecule has 6 aromatic carbocycles. The van der Waals surface area contributed by atoms with Crippen molar-refractivity contribution in [2.24, 2.45) is 0 Å². The molecule has 0 saturated carbocycles. The van der Waals surface area contributed by atoms with Gasteiger partial charge in [0, 0.05) is 19.5 Å². The first-order valence-electron chi connectivity index (χ1n) is 20.4. The number of aryl methyl sites for hydroxylation is 6. The van der Waals surface area contributed by atoms with Gasteiger partial charge in [-0.05, 0) is 124 Å². The van der Waals surface area contributed by atoms with Crippen LogP contribution in [0.3, 0.4) is 0 Å². The Bertz CT molecular complexity index is 2260. The molecule has 0 spiro atoms. The van der Waals surface area contributed by atoms with E-state index in [1.54, 1.807) is 0 Å². The minimum atomic E-state index is -1.26. The summed E-state index contributed by atoms with van der Waals surface area (Å²) >= 11 is 0. The van der Waals surface area contributed by atoms with Crippen LogP contribution in [0.5, 0.6) is 0 Å². The van der Waals surface area contributed by atoms with E-state index in [9.17, 15) is 0 Å². The summed E-state index contributed by atoms with van der Waals surface area (Å²) in [4.78, 5) is 0. The summed E-state index contributed by atoms with van der Waals surface area (Å²) in [5, 5.41) is 22.5. The summed E-state index contributed by atoms with van der Waals surface area (Å²) < 4.78 is 6.19. The van der Waals surface area contributed by atoms with E-state index in [1.807, 2.05) is 20.8 Å². The maximum Gasteiger partial charge on any atom is 0.326 e. The molecular weight excluding hydrogens is 872 g/mol. The topological polar surface area (TPSA) is 53.5 Å². The van der Waals surface area contributed by atoms with E-state index >= 15 is 0 Å². The fourth-order valence-electron chi connectivity index (χ4n) is 7.62. The molecule has 0 fully saturated rings. The molecule has 3 aromatic heterocycles. The fourth-order valence-corrected chi connectivity index (χ4v) is 12.2. The van der Waals surface area contributed by atoms with Crippen molar-refractivity contribution in [3.63, 3.8) is 0 Å². The third-order valence-corrected chi connectivity index (χ3v) is 15.1. The van der Waals surface area contributed by atoms with Gasteiger partial charge < -0.3 is 13.8 Å². The number of nitrogens with zero attached hydrogens (tertiary/aromatic N) is 6. The Hall–Kier alpha value is -5.50. The van der Waals surface area contributed by atoms with E-state index in [0.717, 1.165) is 34.2 Å². The third-order valence-electron chi connectivity index (χ3n) is 10.2. The van der Waals surface area contributed by atoms with Crippen LogP contribution in [-0.4, -0.2) is 36.2 Å². The van der Waals surface area contributed by atoms with E-state index in [4.69, 9.17) is 15.3 Å². The number of hydrogen-bond donors (Lipinski definition) is 0. The Kier molecular flexibility index (Phi) is 16.1. The molecule has 0 atom stereocenters. The molecule has 0 saturated heterocycles. The van der Waals surface area contributed by atoms with E-state index in [2.05, 4.69) is 235 Å². The number of rotatable bonds is 9. The van der Waals surface area contributed by atoms with Gasteiger partial charge in [-0.25, -0.2) is 15.3 Å². The summed E-state index contributed by atoms with van der Waals surface area (Å²) in [6.07, 6.45) is 0. The van der Waals surface area contributed by atoms with Gasteiger partial charge in [0.15, 0.2) is 0 Å². The zero-order chi connectivity index (χ0) is 41.8. The van der Waals surface area contributed by atoms with Gasteiger partial charge in [0.2, 0.25) is 0 Å². The molecule has 0 unspecified atom stereocenters. The standard InChI is InChI=1S/2C18H15P.C15H22BN6.Rh/c2*1-4-10-16(11-5-1)19(17-12-6-2-7-13-17)18-14-8-3-9-15-18;1-10-7-13(4)20(17-10)16(21-14(5)8-11(2)18-21)22-15(6)9-12(3)19-22;/h2*1-15H;7-9,16H,1-6H3;/q;;-1;. The predicted octanol–water partition coefficient (Wildman–Crippen LogP) is 8.68. The van der Waals surface area contributed by atoms with Crippen molar-refractivity contribution in [2.45, 2.75) is 41.5 Å². The normalized spacial score (nSPS) is 10.8. The second-order valence-electron chi connectivity index (χ2n) is 14.9. The molecule has 61 heavy (non-hydrogen) atoms. The molecule has 0 aliphatic heterocycles. The van der Waals surface area contributed by atoms with Gasteiger partial charge in [-0.15, -0.1) is 0 Å². The first kappa shape index (κ1) is 45.0. The van der Waals surface area contributed by atoms with E-state index < -0.39 is 23.0 Å². The molecule has 10 heteroatoms. The summed E-state index contributed by atoms with van der Waals surface area (Å²) in [6, 6.07) is 70.9. The Morgan fingerprint density at radius 3 is 0.639 bits per heavy atom. The summed E-state index contributed by atoms with van der Waals surface area (Å²) in [5.74, 6) is 0. The van der Waals surface area contributed by atoms with Gasteiger partial charge in [-0.2, -0.15) is 0 Å². The van der Waals surface area contributed by atoms with Crippen LogP contribution in [0, 0.1) is 41.5 Å². The zero-order valence-electron chi connectivity index (χ0n) is 35.7. The third kappa shape index (κ3) is 11.5. The van der Waals surface area contributed by atoms with Crippen molar-refractivity contribution in [3.8, 4) is 0 Å². The van der Waals surface area contributed by atoms with Gasteiger partial charge in [0.1, 0.15) is 0 Å². The first-order valence-corrected chi connectivity index (χ1v) is 23.1. The maximum atomic E-state index is 4.70. The summed E-state index contributed by atoms with van der Waals surface area (Å²) in [5.41, 5.74) is 6.40. The first-order chi connectivity index (χ1) is 29.3. The molecule has 0 aliphatic carbocycles. The van der Waals surface area contributed by atoms with Crippen LogP contribution in [-0.2, 0) is 19.5 Å². The predicted molar refractivity (Wildman–Crippen MR) is 259 cm³/mol. The quantitative estimate of drug-likeness (QED) is 0.108. The number of hydrogen-bond acceptors (Lipinski definition) is 3. The minimum Gasteiger partial charge on any atom is -0.400 e. The molecule has 0 amide bonds. The minimum absolute atomic E-state index is 0. The zero-order valence-corrected chi connectivity index (χ0v) is 39.1. The van der Waals surface area contributed by atoms with Crippen LogP contribution in [0.2, 0.25) is 0 Å². The van der Waals surface area contributed by atoms with Crippen molar-refractivity contribution in [2.75, 3.05) is 0 Å². The van der Waals surface area contributed by atoms with E-state index in [0.29, 0.717) is 0 Å². The van der Waals surface area contributed by atoms with Crippen molar-refractivity contribution in [3.05, 3.63) is 234 Å². The van der Waals surface area contributed by atoms with Crippen LogP contribution in [0.4, 0.5) is 0 Å². The van der Waals surface area contributed by atoms with E-state index in [1.165, 1.54) is 31.8 Å². The molecule has 0 N–H and O–H groups in total. The maximum absolute atomic E-state index is 4.70.